The predicted octanol–water partition coefficient (Wildman–Crippen LogP) is 4.83. The molecule has 0 aromatic heterocycles. The van der Waals surface area contributed by atoms with Gasteiger partial charge in [-0.25, -0.2) is 0 Å². The zero-order chi connectivity index (χ0) is 23.7. The van der Waals surface area contributed by atoms with Crippen LogP contribution in [0.2, 0.25) is 0 Å². The number of likely N-dealkylation sites (N-methyl/N-ethyl adjacent to an activating group) is 1. The van der Waals surface area contributed by atoms with Gasteiger partial charge in [-0.15, -0.1) is 0 Å². The van der Waals surface area contributed by atoms with Gasteiger partial charge >= 0.3 is 0 Å². The van der Waals surface area contributed by atoms with Crippen LogP contribution in [0, 0.1) is 6.92 Å². The van der Waals surface area contributed by atoms with Gasteiger partial charge in [0.05, 0.1) is 18.5 Å². The van der Waals surface area contributed by atoms with E-state index >= 15 is 0 Å². The van der Waals surface area contributed by atoms with Crippen LogP contribution in [-0.4, -0.2) is 36.9 Å². The van der Waals surface area contributed by atoms with Crippen molar-refractivity contribution in [3.63, 3.8) is 0 Å². The highest BCUT2D eigenvalue weighted by atomic mass is 15.4. The summed E-state index contributed by atoms with van der Waals surface area (Å²) in [6.45, 7) is 21.2. The van der Waals surface area contributed by atoms with Crippen LogP contribution in [0.1, 0.15) is 37.5 Å². The lowest BCUT2D eigenvalue weighted by Crippen LogP contribution is -2.18. The Morgan fingerprint density at radius 2 is 2.03 bits per heavy atom. The minimum Gasteiger partial charge on any atom is -0.380 e. The van der Waals surface area contributed by atoms with Crippen molar-refractivity contribution in [3.8, 4) is 0 Å². The van der Waals surface area contributed by atoms with Gasteiger partial charge in [0.15, 0.2) is 0 Å². The molecule has 0 atom stereocenters. The maximum absolute atomic E-state index is 4.46. The molecule has 0 aliphatic carbocycles. The Morgan fingerprint density at radius 3 is 2.62 bits per heavy atom. The highest BCUT2D eigenvalue weighted by molar-refractivity contribution is 6.01. The molecule has 0 saturated heterocycles. The normalized spacial score (nSPS) is 14.7. The topological polar surface area (TPSA) is 64.4 Å². The van der Waals surface area contributed by atoms with E-state index < -0.39 is 0 Å². The van der Waals surface area contributed by atoms with E-state index in [-0.39, 0.29) is 0 Å². The number of allylic oxidation sites excluding steroid dienone is 4. The fourth-order valence-electron chi connectivity index (χ4n) is 3.11. The summed E-state index contributed by atoms with van der Waals surface area (Å²) in [5.41, 5.74) is 8.00. The molecular weight excluding hydrogens is 396 g/mol. The quantitative estimate of drug-likeness (QED) is 0.317. The van der Waals surface area contributed by atoms with E-state index in [1.54, 1.807) is 23.6 Å². The Balaban J connectivity index is 1.87. The molecule has 0 bridgehead atoms. The summed E-state index contributed by atoms with van der Waals surface area (Å²) in [4.78, 5) is 8.79. The van der Waals surface area contributed by atoms with E-state index in [0.717, 1.165) is 39.6 Å². The first-order valence-electron chi connectivity index (χ1n) is 10.5. The summed E-state index contributed by atoms with van der Waals surface area (Å²) in [5.74, 6) is 0.882. The molecule has 1 aromatic carbocycles. The van der Waals surface area contributed by atoms with Crippen LogP contribution in [0.3, 0.4) is 0 Å². The number of nitrogens with one attached hydrogen (secondary N) is 2. The zero-order valence-electron chi connectivity index (χ0n) is 19.9. The van der Waals surface area contributed by atoms with Crippen molar-refractivity contribution in [2.75, 3.05) is 13.6 Å². The van der Waals surface area contributed by atoms with E-state index in [4.69, 9.17) is 0 Å². The molecule has 2 N–H and O–H groups in total. The van der Waals surface area contributed by atoms with Gasteiger partial charge in [0.2, 0.25) is 0 Å². The standard InChI is InChI=1S/C26H34N6/c1-9-25(18(2)3)32(8)30-14-19(4)13-27-15-21(6)28-17-24-11-10-23(12-20(24)5)26-29-16-22(7)31-26/h9-15,28H,2,6-7,16-17H2,1,3-5,8H3,(H,29,31)/b19-13+,25-9-,27-15?,30-14-. The average Bonchev–Trinajstić information content (AvgIpc) is 3.18. The maximum atomic E-state index is 4.46. The Labute approximate surface area is 192 Å². The SMILES string of the molecule is C=C(C=N/C=C(C)/C=N\N(C)/C(=C\C)C(=C)C)NCc1ccc(C2=NCC(=C)N2)cc1C. The average molecular weight is 431 g/mol. The van der Waals surface area contributed by atoms with Crippen molar-refractivity contribution >= 4 is 18.3 Å². The molecule has 2 rings (SSSR count). The van der Waals surface area contributed by atoms with Gasteiger partial charge in [0.25, 0.3) is 0 Å². The third-order valence-corrected chi connectivity index (χ3v) is 4.85. The Kier molecular flexibility index (Phi) is 8.95. The van der Waals surface area contributed by atoms with Crippen LogP contribution in [-0.2, 0) is 6.54 Å². The molecule has 6 nitrogen and oxygen atoms in total. The van der Waals surface area contributed by atoms with Gasteiger partial charge in [0, 0.05) is 43.0 Å². The largest absolute Gasteiger partial charge is 0.380 e. The van der Waals surface area contributed by atoms with Crippen LogP contribution < -0.4 is 10.6 Å². The number of nitrogens with zero attached hydrogens (tertiary/aromatic N) is 4. The van der Waals surface area contributed by atoms with Gasteiger partial charge in [-0.3, -0.25) is 15.0 Å². The lowest BCUT2D eigenvalue weighted by atomic mass is 10.0. The number of amidine groups is 1. The van der Waals surface area contributed by atoms with E-state index in [0.29, 0.717) is 13.1 Å². The molecule has 0 fully saturated rings. The van der Waals surface area contributed by atoms with Crippen LogP contribution >= 0.6 is 0 Å². The monoisotopic (exact) mass is 430 g/mol. The second kappa shape index (κ2) is 11.6. The molecule has 1 aliphatic heterocycles. The maximum Gasteiger partial charge on any atom is 0.132 e. The summed E-state index contributed by atoms with van der Waals surface area (Å²) < 4.78 is 0. The van der Waals surface area contributed by atoms with Crippen LogP contribution in [0.5, 0.6) is 0 Å². The fraction of sp³-hybridized carbons (Fsp3) is 0.269. The molecule has 32 heavy (non-hydrogen) atoms. The van der Waals surface area contributed by atoms with Gasteiger partial charge < -0.3 is 10.6 Å². The molecule has 1 aliphatic rings. The summed E-state index contributed by atoms with van der Waals surface area (Å²) in [6, 6.07) is 6.31. The fourth-order valence-corrected chi connectivity index (χ4v) is 3.11. The molecule has 0 saturated carbocycles. The Morgan fingerprint density at radius 1 is 1.28 bits per heavy atom. The van der Waals surface area contributed by atoms with Crippen molar-refractivity contribution in [3.05, 3.63) is 95.1 Å². The van der Waals surface area contributed by atoms with Gasteiger partial charge in [-0.05, 0) is 56.0 Å². The smallest absolute Gasteiger partial charge is 0.132 e. The first kappa shape index (κ1) is 24.6. The zero-order valence-corrected chi connectivity index (χ0v) is 19.9. The van der Waals surface area contributed by atoms with Crippen LogP contribution in [0.25, 0.3) is 0 Å². The number of hydrogen-bond donors (Lipinski definition) is 2. The molecule has 6 heteroatoms. The van der Waals surface area contributed by atoms with Crippen LogP contribution in [0.4, 0.5) is 0 Å². The summed E-state index contributed by atoms with van der Waals surface area (Å²) >= 11 is 0. The first-order valence-corrected chi connectivity index (χ1v) is 10.5. The third kappa shape index (κ3) is 7.23. The van der Waals surface area contributed by atoms with Crippen molar-refractivity contribution in [2.45, 2.75) is 34.2 Å². The van der Waals surface area contributed by atoms with Gasteiger partial charge in [0.1, 0.15) is 5.84 Å². The number of rotatable bonds is 10. The molecule has 1 heterocycles. The molecular formula is C26H34N6. The highest BCUT2D eigenvalue weighted by Gasteiger charge is 2.11. The lowest BCUT2D eigenvalue weighted by molar-refractivity contribution is 0.456. The number of hydrazone groups is 1. The molecule has 1 aromatic rings. The third-order valence-electron chi connectivity index (χ3n) is 4.85. The van der Waals surface area contributed by atoms with E-state index in [2.05, 4.69) is 70.6 Å². The summed E-state index contributed by atoms with van der Waals surface area (Å²) in [7, 11) is 1.89. The molecule has 0 unspecified atom stereocenters. The predicted molar refractivity (Wildman–Crippen MR) is 138 cm³/mol. The summed E-state index contributed by atoms with van der Waals surface area (Å²) in [6.07, 6.45) is 7.21. The Bertz CT molecular complexity index is 1040. The Hall–Kier alpha value is -3.67. The molecule has 168 valence electrons. The van der Waals surface area contributed by atoms with Gasteiger partial charge in [-0.2, -0.15) is 5.10 Å². The van der Waals surface area contributed by atoms with E-state index in [1.165, 1.54) is 11.1 Å². The van der Waals surface area contributed by atoms with E-state index in [9.17, 15) is 0 Å². The number of aryl methyl sites for hydroxylation is 1. The lowest BCUT2D eigenvalue weighted by Gasteiger charge is -2.16. The second-order valence-corrected chi connectivity index (χ2v) is 7.79. The molecule has 0 amide bonds. The second-order valence-electron chi connectivity index (χ2n) is 7.79. The highest BCUT2D eigenvalue weighted by Crippen LogP contribution is 2.14. The van der Waals surface area contributed by atoms with Gasteiger partial charge in [-0.1, -0.05) is 37.9 Å². The van der Waals surface area contributed by atoms with Crippen LogP contribution in [0.15, 0.2) is 93.5 Å². The molecule has 0 spiro atoms. The number of hydrogen-bond acceptors (Lipinski definition) is 6. The first-order chi connectivity index (χ1) is 15.2. The minimum absolute atomic E-state index is 0.638. The van der Waals surface area contributed by atoms with E-state index in [1.807, 2.05) is 33.9 Å². The van der Waals surface area contributed by atoms with Crippen molar-refractivity contribution in [2.24, 2.45) is 15.1 Å². The van der Waals surface area contributed by atoms with Crippen molar-refractivity contribution in [1.29, 1.82) is 0 Å². The summed E-state index contributed by atoms with van der Waals surface area (Å²) in [5, 5.41) is 12.7. The number of aliphatic imine (C=N–C) groups is 2. The number of benzene rings is 1. The molecule has 0 radical (unpaired) electrons. The van der Waals surface area contributed by atoms with Crippen molar-refractivity contribution in [1.82, 2.24) is 15.6 Å². The minimum atomic E-state index is 0.638. The van der Waals surface area contributed by atoms with Crippen molar-refractivity contribution < 1.29 is 0 Å².